The van der Waals surface area contributed by atoms with Gasteiger partial charge in [-0.05, 0) is 34.6 Å². The molecular formula is C34H41N3O6. The second kappa shape index (κ2) is 16.7. The number of aliphatic carboxylic acids is 1. The highest BCUT2D eigenvalue weighted by Gasteiger charge is 2.32. The quantitative estimate of drug-likeness (QED) is 0.210. The van der Waals surface area contributed by atoms with E-state index >= 15 is 0 Å². The van der Waals surface area contributed by atoms with E-state index in [4.69, 9.17) is 4.74 Å². The largest absolute Gasteiger partial charge is 0.480 e. The summed E-state index contributed by atoms with van der Waals surface area (Å²) in [4.78, 5) is 51.5. The molecule has 0 radical (unpaired) electrons. The van der Waals surface area contributed by atoms with Crippen LogP contribution < -0.4 is 10.6 Å². The van der Waals surface area contributed by atoms with Crippen LogP contribution in [0.2, 0.25) is 0 Å². The Morgan fingerprint density at radius 1 is 0.860 bits per heavy atom. The zero-order chi connectivity index (χ0) is 31.2. The van der Waals surface area contributed by atoms with Crippen LogP contribution in [0.25, 0.3) is 11.1 Å². The van der Waals surface area contributed by atoms with Crippen molar-refractivity contribution in [3.8, 4) is 11.1 Å². The Kier molecular flexibility index (Phi) is 12.8. The van der Waals surface area contributed by atoms with Gasteiger partial charge in [0, 0.05) is 32.5 Å². The van der Waals surface area contributed by atoms with Crippen LogP contribution in [0.15, 0.2) is 84.9 Å². The number of esters is 1. The third kappa shape index (κ3) is 10.9. The Bertz CT molecular complexity index is 1330. The number of carbonyl (C=O) groups is 4. The van der Waals surface area contributed by atoms with E-state index in [1.165, 1.54) is 11.8 Å². The average molecular weight is 588 g/mol. The molecule has 0 saturated heterocycles. The predicted molar refractivity (Wildman–Crippen MR) is 165 cm³/mol. The first kappa shape index (κ1) is 32.8. The zero-order valence-corrected chi connectivity index (χ0v) is 25.0. The number of amides is 3. The highest BCUT2D eigenvalue weighted by atomic mass is 16.5. The molecular weight excluding hydrogens is 546 g/mol. The molecule has 3 N–H and O–H groups in total. The minimum absolute atomic E-state index is 0.0301. The molecule has 1 unspecified atom stereocenters. The molecule has 0 aliphatic heterocycles. The number of rotatable bonds is 15. The summed E-state index contributed by atoms with van der Waals surface area (Å²) in [6.45, 7) is 6.05. The SMILES string of the molecule is CC(=O)NCCC(c1ccc(-c2ccccc2)cc1)[C@H](NC(=O)N(CCC(=O)OCc1ccccc1)CC(C)C)C(=O)O. The summed E-state index contributed by atoms with van der Waals surface area (Å²) in [5, 5.41) is 15.7. The predicted octanol–water partition coefficient (Wildman–Crippen LogP) is 5.22. The number of nitrogens with zero attached hydrogens (tertiary/aromatic N) is 1. The van der Waals surface area contributed by atoms with Gasteiger partial charge in [-0.3, -0.25) is 9.59 Å². The van der Waals surface area contributed by atoms with Gasteiger partial charge in [-0.15, -0.1) is 0 Å². The molecule has 0 bridgehead atoms. The van der Waals surface area contributed by atoms with Gasteiger partial charge in [-0.25, -0.2) is 9.59 Å². The number of hydrogen-bond acceptors (Lipinski definition) is 5. The van der Waals surface area contributed by atoms with Crippen LogP contribution in [0.5, 0.6) is 0 Å². The van der Waals surface area contributed by atoms with E-state index in [1.54, 1.807) is 0 Å². The summed E-state index contributed by atoms with van der Waals surface area (Å²) in [5.74, 6) is -2.42. The van der Waals surface area contributed by atoms with E-state index < -0.39 is 29.9 Å². The van der Waals surface area contributed by atoms with E-state index in [-0.39, 0.29) is 44.4 Å². The van der Waals surface area contributed by atoms with Gasteiger partial charge in [-0.2, -0.15) is 0 Å². The molecule has 3 aromatic carbocycles. The molecule has 3 aromatic rings. The molecule has 0 fully saturated rings. The van der Waals surface area contributed by atoms with E-state index in [0.29, 0.717) is 6.54 Å². The van der Waals surface area contributed by atoms with E-state index in [2.05, 4.69) is 10.6 Å². The summed E-state index contributed by atoms with van der Waals surface area (Å²) in [6, 6.07) is 24.8. The molecule has 2 atom stereocenters. The fourth-order valence-corrected chi connectivity index (χ4v) is 4.79. The van der Waals surface area contributed by atoms with Gasteiger partial charge in [0.25, 0.3) is 0 Å². The number of hydrogen-bond donors (Lipinski definition) is 3. The molecule has 0 heterocycles. The van der Waals surface area contributed by atoms with Gasteiger partial charge >= 0.3 is 18.0 Å². The topological polar surface area (TPSA) is 125 Å². The van der Waals surface area contributed by atoms with Gasteiger partial charge in [0.2, 0.25) is 5.91 Å². The first-order chi connectivity index (χ1) is 20.6. The van der Waals surface area contributed by atoms with Crippen molar-refractivity contribution in [2.24, 2.45) is 5.92 Å². The maximum absolute atomic E-state index is 13.5. The Hall–Kier alpha value is -4.66. The van der Waals surface area contributed by atoms with Crippen LogP contribution in [0.3, 0.4) is 0 Å². The van der Waals surface area contributed by atoms with Crippen molar-refractivity contribution in [3.05, 3.63) is 96.1 Å². The third-order valence-corrected chi connectivity index (χ3v) is 6.92. The van der Waals surface area contributed by atoms with Crippen molar-refractivity contribution in [2.45, 2.75) is 52.2 Å². The molecule has 0 spiro atoms. The molecule has 3 rings (SSSR count). The fraction of sp³-hybridized carbons (Fsp3) is 0.353. The smallest absolute Gasteiger partial charge is 0.326 e. The van der Waals surface area contributed by atoms with Crippen molar-refractivity contribution < 1.29 is 29.0 Å². The Labute approximate surface area is 253 Å². The molecule has 0 aromatic heterocycles. The second-order valence-corrected chi connectivity index (χ2v) is 10.9. The first-order valence-electron chi connectivity index (χ1n) is 14.5. The van der Waals surface area contributed by atoms with E-state index in [0.717, 1.165) is 22.3 Å². The van der Waals surface area contributed by atoms with Gasteiger partial charge in [0.15, 0.2) is 0 Å². The lowest BCUT2D eigenvalue weighted by Gasteiger charge is -2.30. The van der Waals surface area contributed by atoms with Gasteiger partial charge in [0.05, 0.1) is 6.42 Å². The second-order valence-electron chi connectivity index (χ2n) is 10.9. The van der Waals surface area contributed by atoms with Crippen molar-refractivity contribution in [2.75, 3.05) is 19.6 Å². The lowest BCUT2D eigenvalue weighted by atomic mass is 9.87. The summed E-state index contributed by atoms with van der Waals surface area (Å²) in [7, 11) is 0. The highest BCUT2D eigenvalue weighted by Crippen LogP contribution is 2.27. The van der Waals surface area contributed by atoms with Crippen LogP contribution in [-0.2, 0) is 25.7 Å². The minimum Gasteiger partial charge on any atom is -0.480 e. The highest BCUT2D eigenvalue weighted by molar-refractivity contribution is 5.84. The van der Waals surface area contributed by atoms with Crippen LogP contribution in [-0.4, -0.2) is 59.6 Å². The van der Waals surface area contributed by atoms with Gasteiger partial charge in [-0.1, -0.05) is 98.8 Å². The third-order valence-electron chi connectivity index (χ3n) is 6.92. The summed E-state index contributed by atoms with van der Waals surface area (Å²) in [5.41, 5.74) is 3.58. The number of carboxylic acid groups (broad SMARTS) is 1. The molecule has 9 nitrogen and oxygen atoms in total. The van der Waals surface area contributed by atoms with Crippen molar-refractivity contribution in [1.82, 2.24) is 15.5 Å². The van der Waals surface area contributed by atoms with Crippen LogP contribution >= 0.6 is 0 Å². The summed E-state index contributed by atoms with van der Waals surface area (Å²) < 4.78 is 5.36. The minimum atomic E-state index is -1.27. The number of urea groups is 1. The lowest BCUT2D eigenvalue weighted by Crippen LogP contribution is -2.52. The molecule has 228 valence electrons. The van der Waals surface area contributed by atoms with E-state index in [1.807, 2.05) is 98.8 Å². The fourth-order valence-electron chi connectivity index (χ4n) is 4.79. The van der Waals surface area contributed by atoms with E-state index in [9.17, 15) is 24.3 Å². The average Bonchev–Trinajstić information content (AvgIpc) is 3.00. The maximum Gasteiger partial charge on any atom is 0.326 e. The van der Waals surface area contributed by atoms with Crippen LogP contribution in [0, 0.1) is 5.92 Å². The molecule has 3 amide bonds. The molecule has 0 aliphatic carbocycles. The first-order valence-corrected chi connectivity index (χ1v) is 14.5. The Morgan fingerprint density at radius 2 is 1.47 bits per heavy atom. The number of carbonyl (C=O) groups excluding carboxylic acids is 3. The maximum atomic E-state index is 13.5. The van der Waals surface area contributed by atoms with Crippen molar-refractivity contribution >= 4 is 23.9 Å². The number of nitrogens with one attached hydrogen (secondary N) is 2. The normalized spacial score (nSPS) is 12.2. The molecule has 43 heavy (non-hydrogen) atoms. The number of ether oxygens (including phenoxy) is 1. The number of benzene rings is 3. The van der Waals surface area contributed by atoms with Crippen LogP contribution in [0.4, 0.5) is 4.79 Å². The van der Waals surface area contributed by atoms with Crippen molar-refractivity contribution in [3.63, 3.8) is 0 Å². The van der Waals surface area contributed by atoms with Gasteiger partial charge < -0.3 is 25.4 Å². The molecule has 9 heteroatoms. The molecule has 0 saturated carbocycles. The van der Waals surface area contributed by atoms with Crippen LogP contribution in [0.1, 0.15) is 50.7 Å². The lowest BCUT2D eigenvalue weighted by molar-refractivity contribution is -0.145. The summed E-state index contributed by atoms with van der Waals surface area (Å²) >= 11 is 0. The Balaban J connectivity index is 1.75. The zero-order valence-electron chi connectivity index (χ0n) is 25.0. The Morgan fingerprint density at radius 3 is 2.05 bits per heavy atom. The number of carboxylic acids is 1. The standard InChI is InChI=1S/C34H41N3O6/c1-24(2)22-37(21-19-31(39)43-23-26-10-6-4-7-11-26)34(42)36-32(33(40)41)30(18-20-35-25(3)38)29-16-14-28(15-17-29)27-12-8-5-9-13-27/h4-17,24,30,32H,18-23H2,1-3H3,(H,35,38)(H,36,42)(H,40,41)/t30?,32-/m0/s1. The van der Waals surface area contributed by atoms with Gasteiger partial charge in [0.1, 0.15) is 12.6 Å². The summed E-state index contributed by atoms with van der Waals surface area (Å²) in [6.07, 6.45) is 0.259. The van der Waals surface area contributed by atoms with Crippen molar-refractivity contribution in [1.29, 1.82) is 0 Å². The molecule has 0 aliphatic rings. The monoisotopic (exact) mass is 587 g/mol.